The quantitative estimate of drug-likeness (QED) is 0.688. The molecular formula is C12H14N2O5S. The maximum absolute atomic E-state index is 12.0. The molecule has 1 atom stereocenters. The van der Waals surface area contributed by atoms with E-state index in [0.717, 1.165) is 7.11 Å². The molecule has 0 bridgehead atoms. The monoisotopic (exact) mass is 298 g/mol. The third kappa shape index (κ3) is 4.03. The lowest BCUT2D eigenvalue weighted by atomic mass is 10.2. The average molecular weight is 298 g/mol. The molecule has 0 aromatic heterocycles. The van der Waals surface area contributed by atoms with E-state index in [4.69, 9.17) is 10.4 Å². The molecule has 20 heavy (non-hydrogen) atoms. The number of carbonyl (C=O) groups is 1. The molecule has 0 saturated carbocycles. The van der Waals surface area contributed by atoms with Crippen LogP contribution in [0.2, 0.25) is 0 Å². The van der Waals surface area contributed by atoms with Crippen LogP contribution < -0.4 is 4.72 Å². The van der Waals surface area contributed by atoms with Crippen molar-refractivity contribution >= 4 is 16.0 Å². The molecule has 1 rings (SSSR count). The van der Waals surface area contributed by atoms with Gasteiger partial charge >= 0.3 is 5.97 Å². The minimum absolute atomic E-state index is 0.0680. The van der Waals surface area contributed by atoms with Crippen molar-refractivity contribution in [1.82, 2.24) is 4.72 Å². The van der Waals surface area contributed by atoms with Gasteiger partial charge in [0.05, 0.1) is 31.1 Å². The summed E-state index contributed by atoms with van der Waals surface area (Å²) in [5, 5.41) is 17.5. The molecule has 2 N–H and O–H groups in total. The number of aliphatic hydroxyl groups is 1. The molecule has 0 spiro atoms. The zero-order valence-corrected chi connectivity index (χ0v) is 11.6. The Kier molecular flexibility index (Phi) is 5.64. The van der Waals surface area contributed by atoms with Crippen molar-refractivity contribution in [3.63, 3.8) is 0 Å². The van der Waals surface area contributed by atoms with Crippen LogP contribution in [0.25, 0.3) is 0 Å². The number of nitriles is 1. The molecule has 8 heteroatoms. The third-order valence-electron chi connectivity index (χ3n) is 2.48. The number of sulfonamides is 1. The topological polar surface area (TPSA) is 116 Å². The Balaban J connectivity index is 2.93. The first kappa shape index (κ1) is 16.1. The molecule has 1 aromatic rings. The van der Waals surface area contributed by atoms with Gasteiger partial charge in [0.25, 0.3) is 0 Å². The van der Waals surface area contributed by atoms with Crippen molar-refractivity contribution in [2.24, 2.45) is 0 Å². The molecule has 0 amide bonds. The summed E-state index contributed by atoms with van der Waals surface area (Å²) < 4.78 is 30.4. The van der Waals surface area contributed by atoms with Gasteiger partial charge < -0.3 is 9.84 Å². The van der Waals surface area contributed by atoms with Crippen molar-refractivity contribution < 1.29 is 23.1 Å². The van der Waals surface area contributed by atoms with E-state index in [1.54, 1.807) is 0 Å². The van der Waals surface area contributed by atoms with Gasteiger partial charge in [0.2, 0.25) is 10.0 Å². The zero-order chi connectivity index (χ0) is 15.2. The molecule has 0 saturated heterocycles. The van der Waals surface area contributed by atoms with E-state index in [1.807, 2.05) is 10.8 Å². The van der Waals surface area contributed by atoms with Gasteiger partial charge in [0.1, 0.15) is 6.04 Å². The number of methoxy groups -OCH3 is 1. The number of rotatable bonds is 6. The van der Waals surface area contributed by atoms with Crippen molar-refractivity contribution in [2.75, 3.05) is 13.7 Å². The molecular weight excluding hydrogens is 284 g/mol. The van der Waals surface area contributed by atoms with E-state index in [-0.39, 0.29) is 11.3 Å². The molecule has 0 aliphatic carbocycles. The molecule has 7 nitrogen and oxygen atoms in total. The molecule has 0 aliphatic heterocycles. The fourth-order valence-corrected chi connectivity index (χ4v) is 2.61. The van der Waals surface area contributed by atoms with Crippen LogP contribution in [0.3, 0.4) is 0 Å². The Morgan fingerprint density at radius 1 is 1.45 bits per heavy atom. The Labute approximate surface area is 116 Å². The molecule has 108 valence electrons. The van der Waals surface area contributed by atoms with Gasteiger partial charge in [0, 0.05) is 0 Å². The average Bonchev–Trinajstić information content (AvgIpc) is 2.45. The van der Waals surface area contributed by atoms with Crippen LogP contribution in [0, 0.1) is 11.3 Å². The van der Waals surface area contributed by atoms with Gasteiger partial charge in [0.15, 0.2) is 0 Å². The maximum Gasteiger partial charge on any atom is 0.326 e. The normalized spacial score (nSPS) is 12.4. The number of ether oxygens (including phenoxy) is 1. The van der Waals surface area contributed by atoms with Gasteiger partial charge in [-0.25, -0.2) is 8.42 Å². The second-order valence-corrected chi connectivity index (χ2v) is 5.57. The van der Waals surface area contributed by atoms with Gasteiger partial charge in [-0.2, -0.15) is 9.98 Å². The van der Waals surface area contributed by atoms with Crippen molar-refractivity contribution in [2.45, 2.75) is 17.4 Å². The fraction of sp³-hybridized carbons (Fsp3) is 0.333. The molecule has 1 unspecified atom stereocenters. The third-order valence-corrected chi connectivity index (χ3v) is 3.97. The van der Waals surface area contributed by atoms with E-state index in [2.05, 4.69) is 4.74 Å². The number of esters is 1. The second-order valence-electron chi connectivity index (χ2n) is 3.86. The number of nitrogens with zero attached hydrogens (tertiary/aromatic N) is 1. The molecule has 0 aliphatic rings. The number of benzene rings is 1. The van der Waals surface area contributed by atoms with Crippen LogP contribution in [0.5, 0.6) is 0 Å². The number of hydrogen-bond acceptors (Lipinski definition) is 6. The Morgan fingerprint density at radius 2 is 2.05 bits per heavy atom. The highest BCUT2D eigenvalue weighted by atomic mass is 32.2. The predicted molar refractivity (Wildman–Crippen MR) is 69.0 cm³/mol. The van der Waals surface area contributed by atoms with Crippen LogP contribution in [-0.4, -0.2) is 39.3 Å². The summed E-state index contributed by atoms with van der Waals surface area (Å²) in [5.74, 6) is -0.878. The first-order chi connectivity index (χ1) is 9.44. The Morgan fingerprint density at radius 3 is 2.50 bits per heavy atom. The van der Waals surface area contributed by atoms with Gasteiger partial charge in [-0.1, -0.05) is 12.1 Å². The van der Waals surface area contributed by atoms with Gasteiger partial charge in [-0.3, -0.25) is 4.79 Å². The standard InChI is InChI=1S/C12H14N2O5S/c1-19-12(16)11(8-15)14-20(17,18)10-4-2-9(3-5-10)6-7-13/h2-5,11,14-15H,6,8H2,1H3. The Bertz CT molecular complexity index is 604. The summed E-state index contributed by atoms with van der Waals surface area (Å²) in [6.45, 7) is -0.710. The van der Waals surface area contributed by atoms with E-state index >= 15 is 0 Å². The zero-order valence-electron chi connectivity index (χ0n) is 10.7. The lowest BCUT2D eigenvalue weighted by Gasteiger charge is -2.14. The minimum Gasteiger partial charge on any atom is -0.468 e. The molecule has 0 fully saturated rings. The second kappa shape index (κ2) is 7.00. The highest BCUT2D eigenvalue weighted by Gasteiger charge is 2.25. The summed E-state index contributed by atoms with van der Waals surface area (Å²) in [4.78, 5) is 11.2. The minimum atomic E-state index is -3.95. The fourth-order valence-electron chi connectivity index (χ4n) is 1.44. The predicted octanol–water partition coefficient (Wildman–Crippen LogP) is -0.435. The first-order valence-electron chi connectivity index (χ1n) is 5.61. The number of nitrogens with one attached hydrogen (secondary N) is 1. The molecule has 0 radical (unpaired) electrons. The number of aliphatic hydroxyl groups excluding tert-OH is 1. The van der Waals surface area contributed by atoms with Gasteiger partial charge in [-0.15, -0.1) is 0 Å². The lowest BCUT2D eigenvalue weighted by molar-refractivity contribution is -0.143. The van der Waals surface area contributed by atoms with E-state index in [9.17, 15) is 13.2 Å². The summed E-state index contributed by atoms with van der Waals surface area (Å²) in [6, 6.07) is 6.24. The molecule has 0 heterocycles. The van der Waals surface area contributed by atoms with Gasteiger partial charge in [-0.05, 0) is 17.7 Å². The van der Waals surface area contributed by atoms with E-state index in [1.165, 1.54) is 24.3 Å². The van der Waals surface area contributed by atoms with Crippen LogP contribution in [0.4, 0.5) is 0 Å². The van der Waals surface area contributed by atoms with Crippen LogP contribution >= 0.6 is 0 Å². The van der Waals surface area contributed by atoms with Crippen LogP contribution in [0.15, 0.2) is 29.2 Å². The summed E-state index contributed by atoms with van der Waals surface area (Å²) in [7, 11) is -2.86. The van der Waals surface area contributed by atoms with Crippen molar-refractivity contribution in [3.05, 3.63) is 29.8 Å². The number of hydrogen-bond donors (Lipinski definition) is 2. The first-order valence-corrected chi connectivity index (χ1v) is 7.10. The smallest absolute Gasteiger partial charge is 0.326 e. The van der Waals surface area contributed by atoms with E-state index in [0.29, 0.717) is 5.56 Å². The van der Waals surface area contributed by atoms with E-state index < -0.39 is 28.6 Å². The highest BCUT2D eigenvalue weighted by molar-refractivity contribution is 7.89. The maximum atomic E-state index is 12.0. The van der Waals surface area contributed by atoms with Crippen molar-refractivity contribution in [1.29, 1.82) is 5.26 Å². The van der Waals surface area contributed by atoms with Crippen molar-refractivity contribution in [3.8, 4) is 6.07 Å². The van der Waals surface area contributed by atoms with Crippen LogP contribution in [0.1, 0.15) is 5.56 Å². The summed E-state index contributed by atoms with van der Waals surface area (Å²) >= 11 is 0. The summed E-state index contributed by atoms with van der Waals surface area (Å²) in [5.41, 5.74) is 0.679. The Hall–Kier alpha value is -1.95. The van der Waals surface area contributed by atoms with Crippen LogP contribution in [-0.2, 0) is 26.0 Å². The summed E-state index contributed by atoms with van der Waals surface area (Å²) in [6.07, 6.45) is 0.176. The lowest BCUT2D eigenvalue weighted by Crippen LogP contribution is -2.43. The molecule has 1 aromatic carbocycles. The number of carbonyl (C=O) groups excluding carboxylic acids is 1. The highest BCUT2D eigenvalue weighted by Crippen LogP contribution is 2.11. The SMILES string of the molecule is COC(=O)C(CO)NS(=O)(=O)c1ccc(CC#N)cc1. The largest absolute Gasteiger partial charge is 0.468 e.